The van der Waals surface area contributed by atoms with Crippen LogP contribution in [0.2, 0.25) is 0 Å². The van der Waals surface area contributed by atoms with Crippen LogP contribution in [0.1, 0.15) is 35.1 Å². The van der Waals surface area contributed by atoms with E-state index in [-0.39, 0.29) is 7.43 Å². The summed E-state index contributed by atoms with van der Waals surface area (Å²) >= 11 is 0. The van der Waals surface area contributed by atoms with Gasteiger partial charge in [-0.2, -0.15) is 0 Å². The summed E-state index contributed by atoms with van der Waals surface area (Å²) in [6.07, 6.45) is 0. The lowest BCUT2D eigenvalue weighted by Crippen LogP contribution is -2.32. The first-order chi connectivity index (χ1) is 3.55. The molecule has 0 unspecified atom stereocenters. The average Bonchev–Trinajstić information content (AvgIpc) is 1.64. The van der Waals surface area contributed by atoms with Crippen LogP contribution in [0, 0.1) is 0 Å². The lowest BCUT2D eigenvalue weighted by atomic mass is 10.3. The van der Waals surface area contributed by atoms with Gasteiger partial charge in [-0.3, -0.25) is 0 Å². The van der Waals surface area contributed by atoms with Gasteiger partial charge in [-0.25, -0.2) is 0 Å². The second kappa shape index (κ2) is 4.80. The standard InChI is InChI=1S/C7H17N.CH4/c1-6(2)8(5)7(3)4;/h6-7H,1-5H3;1H4. The molecular weight excluding hydrogens is 110 g/mol. The van der Waals surface area contributed by atoms with Crippen molar-refractivity contribution in [2.45, 2.75) is 47.2 Å². The molecule has 1 heteroatoms. The van der Waals surface area contributed by atoms with Crippen LogP contribution in [-0.2, 0) is 0 Å². The molecule has 0 bridgehead atoms. The van der Waals surface area contributed by atoms with Gasteiger partial charge in [0.05, 0.1) is 0 Å². The van der Waals surface area contributed by atoms with Gasteiger partial charge in [0.1, 0.15) is 0 Å². The molecule has 0 atom stereocenters. The molecule has 0 aliphatic carbocycles. The Hall–Kier alpha value is -0.0400. The summed E-state index contributed by atoms with van der Waals surface area (Å²) in [5.74, 6) is 0. The first kappa shape index (κ1) is 11.7. The number of hydrogen-bond acceptors (Lipinski definition) is 1. The molecule has 0 spiro atoms. The van der Waals surface area contributed by atoms with Crippen LogP contribution in [0.15, 0.2) is 0 Å². The van der Waals surface area contributed by atoms with Gasteiger partial charge in [0.2, 0.25) is 0 Å². The summed E-state index contributed by atoms with van der Waals surface area (Å²) in [5.41, 5.74) is 0. The van der Waals surface area contributed by atoms with Gasteiger partial charge in [-0.1, -0.05) is 7.43 Å². The van der Waals surface area contributed by atoms with Gasteiger partial charge in [0, 0.05) is 12.1 Å². The molecule has 0 aromatic rings. The highest BCUT2D eigenvalue weighted by molar-refractivity contribution is 4.60. The van der Waals surface area contributed by atoms with Crippen molar-refractivity contribution in [1.82, 2.24) is 4.90 Å². The SMILES string of the molecule is C.CC(C)N(C)C(C)C. The molecule has 0 aliphatic rings. The zero-order valence-electron chi connectivity index (χ0n) is 6.60. The molecule has 0 amide bonds. The highest BCUT2D eigenvalue weighted by Crippen LogP contribution is 1.98. The van der Waals surface area contributed by atoms with E-state index < -0.39 is 0 Å². The molecule has 0 radical (unpaired) electrons. The van der Waals surface area contributed by atoms with Crippen LogP contribution < -0.4 is 0 Å². The number of rotatable bonds is 2. The van der Waals surface area contributed by atoms with Crippen molar-refractivity contribution in [2.24, 2.45) is 0 Å². The van der Waals surface area contributed by atoms with Crippen LogP contribution in [0.25, 0.3) is 0 Å². The molecule has 9 heavy (non-hydrogen) atoms. The Morgan fingerprint density at radius 1 is 0.889 bits per heavy atom. The van der Waals surface area contributed by atoms with E-state index in [1.165, 1.54) is 0 Å². The van der Waals surface area contributed by atoms with E-state index in [9.17, 15) is 0 Å². The number of nitrogens with zero attached hydrogens (tertiary/aromatic N) is 1. The van der Waals surface area contributed by atoms with Crippen molar-refractivity contribution >= 4 is 0 Å². The quantitative estimate of drug-likeness (QED) is 0.556. The van der Waals surface area contributed by atoms with E-state index in [1.54, 1.807) is 0 Å². The van der Waals surface area contributed by atoms with Gasteiger partial charge in [0.25, 0.3) is 0 Å². The predicted molar refractivity (Wildman–Crippen MR) is 44.8 cm³/mol. The topological polar surface area (TPSA) is 3.24 Å². The van der Waals surface area contributed by atoms with E-state index in [1.807, 2.05) is 0 Å². The first-order valence-electron chi connectivity index (χ1n) is 3.27. The van der Waals surface area contributed by atoms with Gasteiger partial charge in [-0.05, 0) is 34.7 Å². The van der Waals surface area contributed by atoms with Crippen LogP contribution >= 0.6 is 0 Å². The normalized spacial score (nSPS) is 10.7. The van der Waals surface area contributed by atoms with E-state index in [4.69, 9.17) is 0 Å². The number of hydrogen-bond donors (Lipinski definition) is 0. The predicted octanol–water partition coefficient (Wildman–Crippen LogP) is 2.37. The first-order valence-corrected chi connectivity index (χ1v) is 3.27. The van der Waals surface area contributed by atoms with Crippen molar-refractivity contribution in [3.8, 4) is 0 Å². The largest absolute Gasteiger partial charge is 0.302 e. The Morgan fingerprint density at radius 2 is 1.11 bits per heavy atom. The molecule has 1 nitrogen and oxygen atoms in total. The van der Waals surface area contributed by atoms with Crippen molar-refractivity contribution in [3.63, 3.8) is 0 Å². The second-order valence-corrected chi connectivity index (χ2v) is 2.85. The molecule has 0 rings (SSSR count). The van der Waals surface area contributed by atoms with E-state index in [2.05, 4.69) is 39.6 Å². The van der Waals surface area contributed by atoms with Crippen molar-refractivity contribution in [1.29, 1.82) is 0 Å². The Kier molecular flexibility index (Phi) is 6.25. The van der Waals surface area contributed by atoms with Gasteiger partial charge in [0.15, 0.2) is 0 Å². The Balaban J connectivity index is 0. The molecule has 0 saturated carbocycles. The molecule has 0 aromatic carbocycles. The zero-order valence-corrected chi connectivity index (χ0v) is 6.60. The Bertz CT molecular complexity index is 49.6. The summed E-state index contributed by atoms with van der Waals surface area (Å²) < 4.78 is 0. The summed E-state index contributed by atoms with van der Waals surface area (Å²) in [6, 6.07) is 1.35. The minimum Gasteiger partial charge on any atom is -0.302 e. The molecule has 0 N–H and O–H groups in total. The monoisotopic (exact) mass is 131 g/mol. The molecular formula is C8H21N. The van der Waals surface area contributed by atoms with Gasteiger partial charge in [-0.15, -0.1) is 0 Å². The maximum atomic E-state index is 2.33. The van der Waals surface area contributed by atoms with Crippen LogP contribution in [0.3, 0.4) is 0 Å². The van der Waals surface area contributed by atoms with E-state index >= 15 is 0 Å². The lowest BCUT2D eigenvalue weighted by molar-refractivity contribution is 0.222. The molecule has 58 valence electrons. The van der Waals surface area contributed by atoms with Crippen LogP contribution in [0.4, 0.5) is 0 Å². The third kappa shape index (κ3) is 4.46. The summed E-state index contributed by atoms with van der Waals surface area (Å²) in [5, 5.41) is 0. The zero-order chi connectivity index (χ0) is 6.73. The minimum absolute atomic E-state index is 0. The van der Waals surface area contributed by atoms with Crippen LogP contribution in [-0.4, -0.2) is 24.0 Å². The van der Waals surface area contributed by atoms with E-state index in [0.29, 0.717) is 12.1 Å². The highest BCUT2D eigenvalue weighted by Gasteiger charge is 2.04. The molecule has 0 fully saturated rings. The maximum Gasteiger partial charge on any atom is 0.00382 e. The highest BCUT2D eigenvalue weighted by atomic mass is 15.1. The van der Waals surface area contributed by atoms with Crippen molar-refractivity contribution in [3.05, 3.63) is 0 Å². The summed E-state index contributed by atoms with van der Waals surface area (Å²) in [4.78, 5) is 2.33. The third-order valence-corrected chi connectivity index (χ3v) is 1.63. The van der Waals surface area contributed by atoms with E-state index in [0.717, 1.165) is 0 Å². The van der Waals surface area contributed by atoms with Gasteiger partial charge >= 0.3 is 0 Å². The fourth-order valence-electron chi connectivity index (χ4n) is 0.596. The fraction of sp³-hybridized carbons (Fsp3) is 1.00. The average molecular weight is 131 g/mol. The molecule has 0 heterocycles. The second-order valence-electron chi connectivity index (χ2n) is 2.85. The minimum atomic E-state index is 0. The molecule has 0 aromatic heterocycles. The Morgan fingerprint density at radius 3 is 1.11 bits per heavy atom. The fourth-order valence-corrected chi connectivity index (χ4v) is 0.596. The molecule has 0 aliphatic heterocycles. The maximum absolute atomic E-state index is 2.33. The van der Waals surface area contributed by atoms with Crippen molar-refractivity contribution in [2.75, 3.05) is 7.05 Å². The Labute approximate surface area is 60.1 Å². The third-order valence-electron chi connectivity index (χ3n) is 1.63. The van der Waals surface area contributed by atoms with Crippen molar-refractivity contribution < 1.29 is 0 Å². The van der Waals surface area contributed by atoms with Gasteiger partial charge < -0.3 is 4.90 Å². The molecule has 0 saturated heterocycles. The smallest absolute Gasteiger partial charge is 0.00382 e. The lowest BCUT2D eigenvalue weighted by Gasteiger charge is -2.24. The summed E-state index contributed by atoms with van der Waals surface area (Å²) in [7, 11) is 2.15. The van der Waals surface area contributed by atoms with Crippen LogP contribution in [0.5, 0.6) is 0 Å². The summed E-state index contributed by atoms with van der Waals surface area (Å²) in [6.45, 7) is 8.83.